The second-order valence-corrected chi connectivity index (χ2v) is 3.48. The van der Waals surface area contributed by atoms with Gasteiger partial charge in [0.25, 0.3) is 0 Å². The third-order valence-corrected chi connectivity index (χ3v) is 2.32. The van der Waals surface area contributed by atoms with Gasteiger partial charge in [0.2, 0.25) is 0 Å². The molecule has 0 saturated heterocycles. The van der Waals surface area contributed by atoms with Crippen LogP contribution in [-0.2, 0) is 0 Å². The van der Waals surface area contributed by atoms with E-state index in [-0.39, 0.29) is 6.61 Å². The lowest BCUT2D eigenvalue weighted by molar-refractivity contribution is 0.302. The number of aliphatic hydroxyl groups is 1. The number of thiocarbonyl (C=S) groups is 1. The molecule has 0 spiro atoms. The third kappa shape index (κ3) is 2.87. The summed E-state index contributed by atoms with van der Waals surface area (Å²) >= 11 is 4.95. The van der Waals surface area contributed by atoms with E-state index in [1.54, 1.807) is 12.3 Å². The van der Waals surface area contributed by atoms with Crippen LogP contribution in [0.2, 0.25) is 0 Å². The molecule has 0 aliphatic carbocycles. The van der Waals surface area contributed by atoms with Crippen molar-refractivity contribution in [3.05, 3.63) is 23.9 Å². The summed E-state index contributed by atoms with van der Waals surface area (Å²) in [4.78, 5) is 6.50. The van der Waals surface area contributed by atoms with Crippen molar-refractivity contribution in [2.75, 3.05) is 24.6 Å². The summed E-state index contributed by atoms with van der Waals surface area (Å²) < 4.78 is 0. The fraction of sp³-hybridized carbons (Fsp3) is 0.400. The number of pyridine rings is 1. The van der Waals surface area contributed by atoms with Gasteiger partial charge in [-0.3, -0.25) is 0 Å². The van der Waals surface area contributed by atoms with E-state index in [0.717, 1.165) is 17.9 Å². The standard InChI is InChI=1S/C10H15N3OS/c1-2-13(6-7-14)10-8(9(11)15)4-3-5-12-10/h3-5,14H,2,6-7H2,1H3,(H2,11,15). The summed E-state index contributed by atoms with van der Waals surface area (Å²) in [6.07, 6.45) is 1.69. The molecule has 1 rings (SSSR count). The van der Waals surface area contributed by atoms with Gasteiger partial charge >= 0.3 is 0 Å². The Morgan fingerprint density at radius 2 is 2.40 bits per heavy atom. The molecule has 0 amide bonds. The van der Waals surface area contributed by atoms with E-state index in [2.05, 4.69) is 4.98 Å². The summed E-state index contributed by atoms with van der Waals surface area (Å²) in [6, 6.07) is 3.63. The molecule has 0 aliphatic rings. The minimum atomic E-state index is 0.0845. The van der Waals surface area contributed by atoms with Gasteiger partial charge in [-0.2, -0.15) is 0 Å². The van der Waals surface area contributed by atoms with Crippen LogP contribution in [0.1, 0.15) is 12.5 Å². The highest BCUT2D eigenvalue weighted by Gasteiger charge is 2.11. The summed E-state index contributed by atoms with van der Waals surface area (Å²) in [7, 11) is 0. The molecule has 0 unspecified atom stereocenters. The molecule has 0 saturated carbocycles. The monoisotopic (exact) mass is 225 g/mol. The second-order valence-electron chi connectivity index (χ2n) is 3.04. The van der Waals surface area contributed by atoms with Crippen molar-refractivity contribution < 1.29 is 5.11 Å². The van der Waals surface area contributed by atoms with Crippen LogP contribution in [0.15, 0.2) is 18.3 Å². The van der Waals surface area contributed by atoms with E-state index in [9.17, 15) is 0 Å². The first-order chi connectivity index (χ1) is 7.20. The average Bonchev–Trinajstić information content (AvgIpc) is 2.26. The van der Waals surface area contributed by atoms with Crippen molar-refractivity contribution in [1.29, 1.82) is 0 Å². The number of hydrogen-bond donors (Lipinski definition) is 2. The summed E-state index contributed by atoms with van der Waals surface area (Å²) in [6.45, 7) is 3.37. The maximum absolute atomic E-state index is 8.93. The molecule has 15 heavy (non-hydrogen) atoms. The smallest absolute Gasteiger partial charge is 0.138 e. The number of nitrogens with two attached hydrogens (primary N) is 1. The number of rotatable bonds is 5. The zero-order chi connectivity index (χ0) is 11.3. The first kappa shape index (κ1) is 11.9. The maximum atomic E-state index is 8.93. The van der Waals surface area contributed by atoms with Crippen molar-refractivity contribution in [2.24, 2.45) is 5.73 Å². The molecule has 0 bridgehead atoms. The molecule has 0 aromatic carbocycles. The van der Waals surface area contributed by atoms with Gasteiger partial charge < -0.3 is 15.7 Å². The molecule has 1 aromatic rings. The van der Waals surface area contributed by atoms with E-state index < -0.39 is 0 Å². The first-order valence-electron chi connectivity index (χ1n) is 4.81. The predicted molar refractivity (Wildman–Crippen MR) is 65.1 cm³/mol. The molecular weight excluding hydrogens is 210 g/mol. The number of anilines is 1. The summed E-state index contributed by atoms with van der Waals surface area (Å²) in [5.74, 6) is 0.738. The Kier molecular flexibility index (Phi) is 4.45. The molecule has 1 heterocycles. The Balaban J connectivity index is 3.04. The third-order valence-electron chi connectivity index (χ3n) is 2.10. The Bertz CT molecular complexity index is 343. The zero-order valence-electron chi connectivity index (χ0n) is 8.68. The zero-order valence-corrected chi connectivity index (χ0v) is 9.50. The molecule has 4 nitrogen and oxygen atoms in total. The summed E-state index contributed by atoms with van der Waals surface area (Å²) in [5, 5.41) is 8.93. The predicted octanol–water partition coefficient (Wildman–Crippen LogP) is 0.534. The van der Waals surface area contributed by atoms with Crippen LogP contribution in [0, 0.1) is 0 Å². The topological polar surface area (TPSA) is 62.4 Å². The van der Waals surface area contributed by atoms with Crippen LogP contribution < -0.4 is 10.6 Å². The fourth-order valence-electron chi connectivity index (χ4n) is 1.38. The van der Waals surface area contributed by atoms with Gasteiger partial charge in [-0.05, 0) is 19.1 Å². The normalized spacial score (nSPS) is 10.0. The van der Waals surface area contributed by atoms with Gasteiger partial charge in [-0.1, -0.05) is 12.2 Å². The number of likely N-dealkylation sites (N-methyl/N-ethyl adjacent to an activating group) is 1. The minimum Gasteiger partial charge on any atom is -0.395 e. The van der Waals surface area contributed by atoms with Crippen molar-refractivity contribution >= 4 is 23.0 Å². The van der Waals surface area contributed by atoms with Crippen molar-refractivity contribution in [1.82, 2.24) is 4.98 Å². The SMILES string of the molecule is CCN(CCO)c1ncccc1C(N)=S. The largest absolute Gasteiger partial charge is 0.395 e. The highest BCUT2D eigenvalue weighted by molar-refractivity contribution is 7.80. The molecule has 0 fully saturated rings. The Morgan fingerprint density at radius 3 is 2.93 bits per heavy atom. The minimum absolute atomic E-state index is 0.0845. The molecule has 0 radical (unpaired) electrons. The lowest BCUT2D eigenvalue weighted by atomic mass is 10.2. The van der Waals surface area contributed by atoms with Gasteiger partial charge in [0.15, 0.2) is 0 Å². The van der Waals surface area contributed by atoms with E-state index >= 15 is 0 Å². The molecular formula is C10H15N3OS. The average molecular weight is 225 g/mol. The summed E-state index contributed by atoms with van der Waals surface area (Å²) in [5.41, 5.74) is 6.36. The molecule has 0 aliphatic heterocycles. The van der Waals surface area contributed by atoms with Crippen LogP contribution in [0.25, 0.3) is 0 Å². The van der Waals surface area contributed by atoms with Gasteiger partial charge in [-0.25, -0.2) is 4.98 Å². The maximum Gasteiger partial charge on any atom is 0.138 e. The van der Waals surface area contributed by atoms with Crippen LogP contribution in [0.5, 0.6) is 0 Å². The number of hydrogen-bond acceptors (Lipinski definition) is 4. The molecule has 0 atom stereocenters. The van der Waals surface area contributed by atoms with Crippen LogP contribution >= 0.6 is 12.2 Å². The van der Waals surface area contributed by atoms with Gasteiger partial charge in [0, 0.05) is 19.3 Å². The number of aliphatic hydroxyl groups excluding tert-OH is 1. The quantitative estimate of drug-likeness (QED) is 0.716. The highest BCUT2D eigenvalue weighted by Crippen LogP contribution is 2.16. The number of nitrogens with zero attached hydrogens (tertiary/aromatic N) is 2. The van der Waals surface area contributed by atoms with Gasteiger partial charge in [0.1, 0.15) is 10.8 Å². The molecule has 82 valence electrons. The Labute approximate surface area is 94.7 Å². The Morgan fingerprint density at radius 1 is 1.67 bits per heavy atom. The van der Waals surface area contributed by atoms with Crippen LogP contribution in [0.4, 0.5) is 5.82 Å². The van der Waals surface area contributed by atoms with Crippen molar-refractivity contribution in [3.63, 3.8) is 0 Å². The van der Waals surface area contributed by atoms with E-state index in [1.165, 1.54) is 0 Å². The first-order valence-corrected chi connectivity index (χ1v) is 5.22. The fourth-order valence-corrected chi connectivity index (χ4v) is 1.54. The van der Waals surface area contributed by atoms with Crippen LogP contribution in [-0.4, -0.2) is 34.8 Å². The lowest BCUT2D eigenvalue weighted by Gasteiger charge is -2.22. The molecule has 1 aromatic heterocycles. The molecule has 5 heteroatoms. The van der Waals surface area contributed by atoms with E-state index in [4.69, 9.17) is 23.1 Å². The van der Waals surface area contributed by atoms with E-state index in [0.29, 0.717) is 11.5 Å². The van der Waals surface area contributed by atoms with Crippen LogP contribution in [0.3, 0.4) is 0 Å². The van der Waals surface area contributed by atoms with E-state index in [1.807, 2.05) is 17.9 Å². The Hall–Kier alpha value is -1.20. The number of aromatic nitrogens is 1. The van der Waals surface area contributed by atoms with Crippen molar-refractivity contribution in [3.8, 4) is 0 Å². The lowest BCUT2D eigenvalue weighted by Crippen LogP contribution is -2.29. The van der Waals surface area contributed by atoms with Gasteiger partial charge in [0.05, 0.1) is 12.2 Å². The molecule has 3 N–H and O–H groups in total. The second kappa shape index (κ2) is 5.63. The highest BCUT2D eigenvalue weighted by atomic mass is 32.1. The van der Waals surface area contributed by atoms with Crippen molar-refractivity contribution in [2.45, 2.75) is 6.92 Å². The van der Waals surface area contributed by atoms with Gasteiger partial charge in [-0.15, -0.1) is 0 Å².